The van der Waals surface area contributed by atoms with E-state index in [1.165, 1.54) is 11.8 Å². The lowest BCUT2D eigenvalue weighted by atomic mass is 9.95. The van der Waals surface area contributed by atoms with Gasteiger partial charge in [0, 0.05) is 24.8 Å². The summed E-state index contributed by atoms with van der Waals surface area (Å²) in [5.41, 5.74) is 0.496. The van der Waals surface area contributed by atoms with Crippen molar-refractivity contribution < 1.29 is 14.4 Å². The molecule has 1 aromatic carbocycles. The van der Waals surface area contributed by atoms with Gasteiger partial charge >= 0.3 is 0 Å². The van der Waals surface area contributed by atoms with Gasteiger partial charge in [-0.1, -0.05) is 35.5 Å². The van der Waals surface area contributed by atoms with Gasteiger partial charge in [-0.2, -0.15) is 0 Å². The maximum atomic E-state index is 12.5. The number of benzene rings is 1. The van der Waals surface area contributed by atoms with Gasteiger partial charge in [0.05, 0.1) is 16.6 Å². The average Bonchev–Trinajstić information content (AvgIpc) is 3.00. The van der Waals surface area contributed by atoms with E-state index in [1.807, 2.05) is 0 Å². The van der Waals surface area contributed by atoms with Crippen molar-refractivity contribution >= 4 is 40.3 Å². The van der Waals surface area contributed by atoms with Crippen molar-refractivity contribution in [1.82, 2.24) is 10.2 Å². The SMILES string of the molecule is O=C(NC1CCSC1=O)C1CCN(C(=O)c2ccccc2Cl)CC1. The van der Waals surface area contributed by atoms with Gasteiger partial charge in [0.2, 0.25) is 11.0 Å². The number of nitrogens with zero attached hydrogens (tertiary/aromatic N) is 1. The third-order valence-corrected chi connectivity index (χ3v) is 5.85. The van der Waals surface area contributed by atoms with Gasteiger partial charge in [-0.25, -0.2) is 0 Å². The maximum Gasteiger partial charge on any atom is 0.255 e. The van der Waals surface area contributed by atoms with Crippen molar-refractivity contribution in [1.29, 1.82) is 0 Å². The molecule has 2 heterocycles. The van der Waals surface area contributed by atoms with E-state index in [0.717, 1.165) is 5.75 Å². The molecule has 0 saturated carbocycles. The van der Waals surface area contributed by atoms with Gasteiger partial charge in [0.15, 0.2) is 0 Å². The van der Waals surface area contributed by atoms with Crippen LogP contribution in [-0.2, 0) is 9.59 Å². The summed E-state index contributed by atoms with van der Waals surface area (Å²) in [5.74, 6) is 0.468. The maximum absolute atomic E-state index is 12.5. The molecular weight excluding hydrogens is 348 g/mol. The summed E-state index contributed by atoms with van der Waals surface area (Å²) in [6.45, 7) is 1.05. The van der Waals surface area contributed by atoms with Crippen LogP contribution in [0.25, 0.3) is 0 Å². The van der Waals surface area contributed by atoms with Crippen LogP contribution in [0, 0.1) is 5.92 Å². The Hall–Kier alpha value is -1.53. The zero-order valence-corrected chi connectivity index (χ0v) is 14.7. The summed E-state index contributed by atoms with van der Waals surface area (Å²) in [6.07, 6.45) is 1.92. The molecule has 24 heavy (non-hydrogen) atoms. The van der Waals surface area contributed by atoms with E-state index in [2.05, 4.69) is 5.32 Å². The summed E-state index contributed by atoms with van der Waals surface area (Å²) < 4.78 is 0. The van der Waals surface area contributed by atoms with E-state index < -0.39 is 0 Å². The Labute approximate surface area is 150 Å². The highest BCUT2D eigenvalue weighted by atomic mass is 35.5. The van der Waals surface area contributed by atoms with Crippen molar-refractivity contribution in [3.63, 3.8) is 0 Å². The Bertz CT molecular complexity index is 659. The molecule has 3 rings (SSSR count). The molecule has 2 amide bonds. The Morgan fingerprint density at radius 2 is 1.88 bits per heavy atom. The van der Waals surface area contributed by atoms with Crippen LogP contribution in [0.15, 0.2) is 24.3 Å². The molecule has 0 aliphatic carbocycles. The van der Waals surface area contributed by atoms with Gasteiger partial charge in [0.25, 0.3) is 5.91 Å². The van der Waals surface area contributed by atoms with Crippen molar-refractivity contribution in [2.24, 2.45) is 5.92 Å². The molecule has 0 bridgehead atoms. The number of thioether (sulfide) groups is 1. The van der Waals surface area contributed by atoms with E-state index >= 15 is 0 Å². The quantitative estimate of drug-likeness (QED) is 0.891. The van der Waals surface area contributed by atoms with Crippen LogP contribution in [0.1, 0.15) is 29.6 Å². The second-order valence-electron chi connectivity index (χ2n) is 6.06. The first-order chi connectivity index (χ1) is 11.6. The number of amides is 2. The molecule has 2 aliphatic heterocycles. The fraction of sp³-hybridized carbons (Fsp3) is 0.471. The first-order valence-corrected chi connectivity index (χ1v) is 9.43. The summed E-state index contributed by atoms with van der Waals surface area (Å²) in [4.78, 5) is 38.2. The van der Waals surface area contributed by atoms with Crippen LogP contribution in [0.4, 0.5) is 0 Å². The molecule has 2 saturated heterocycles. The predicted octanol–water partition coefficient (Wildman–Crippen LogP) is 2.34. The monoisotopic (exact) mass is 366 g/mol. The van der Waals surface area contributed by atoms with Crippen molar-refractivity contribution in [2.75, 3.05) is 18.8 Å². The molecular formula is C17H19ClN2O3S. The molecule has 7 heteroatoms. The molecule has 2 fully saturated rings. The van der Waals surface area contributed by atoms with E-state index in [4.69, 9.17) is 11.6 Å². The van der Waals surface area contributed by atoms with Crippen LogP contribution in [0.2, 0.25) is 5.02 Å². The standard InChI is InChI=1S/C17H19ClN2O3S/c18-13-4-2-1-3-12(13)16(22)20-8-5-11(6-9-20)15(21)19-14-7-10-24-17(14)23/h1-4,11,14H,5-10H2,(H,19,21). The third kappa shape index (κ3) is 3.75. The largest absolute Gasteiger partial charge is 0.345 e. The number of carbonyl (C=O) groups excluding carboxylic acids is 3. The highest BCUT2D eigenvalue weighted by Crippen LogP contribution is 2.24. The number of piperidine rings is 1. The van der Waals surface area contributed by atoms with Crippen LogP contribution in [0.3, 0.4) is 0 Å². The number of rotatable bonds is 3. The lowest BCUT2D eigenvalue weighted by Crippen LogP contribution is -2.46. The molecule has 128 valence electrons. The van der Waals surface area contributed by atoms with E-state index in [0.29, 0.717) is 42.9 Å². The Morgan fingerprint density at radius 3 is 2.50 bits per heavy atom. The average molecular weight is 367 g/mol. The van der Waals surface area contributed by atoms with E-state index in [-0.39, 0.29) is 28.9 Å². The number of halogens is 1. The molecule has 0 aromatic heterocycles. The van der Waals surface area contributed by atoms with E-state index in [9.17, 15) is 14.4 Å². The van der Waals surface area contributed by atoms with Crippen LogP contribution in [-0.4, -0.2) is 46.7 Å². The number of carbonyl (C=O) groups is 3. The lowest BCUT2D eigenvalue weighted by molar-refractivity contribution is -0.129. The van der Waals surface area contributed by atoms with E-state index in [1.54, 1.807) is 29.2 Å². The Morgan fingerprint density at radius 1 is 1.17 bits per heavy atom. The number of nitrogens with one attached hydrogen (secondary N) is 1. The predicted molar refractivity (Wildman–Crippen MR) is 94.1 cm³/mol. The van der Waals surface area contributed by atoms with Gasteiger partial charge in [-0.3, -0.25) is 14.4 Å². The zero-order chi connectivity index (χ0) is 17.1. The number of hydrogen-bond donors (Lipinski definition) is 1. The lowest BCUT2D eigenvalue weighted by Gasteiger charge is -2.32. The fourth-order valence-electron chi connectivity index (χ4n) is 3.07. The summed E-state index contributed by atoms with van der Waals surface area (Å²) >= 11 is 7.36. The first kappa shape index (κ1) is 17.3. The summed E-state index contributed by atoms with van der Waals surface area (Å²) in [5, 5.41) is 3.34. The summed E-state index contributed by atoms with van der Waals surface area (Å²) in [6, 6.07) is 6.65. The molecule has 1 N–H and O–H groups in total. The normalized spacial score (nSPS) is 21.8. The number of hydrogen-bond acceptors (Lipinski definition) is 4. The molecule has 0 spiro atoms. The van der Waals surface area contributed by atoms with Crippen LogP contribution in [0.5, 0.6) is 0 Å². The van der Waals surface area contributed by atoms with Gasteiger partial charge in [-0.05, 0) is 31.4 Å². The second-order valence-corrected chi connectivity index (χ2v) is 7.57. The molecule has 0 radical (unpaired) electrons. The molecule has 1 aromatic rings. The van der Waals surface area contributed by atoms with Gasteiger partial charge in [-0.15, -0.1) is 0 Å². The van der Waals surface area contributed by atoms with Crippen LogP contribution < -0.4 is 5.32 Å². The Balaban J connectivity index is 1.54. The minimum Gasteiger partial charge on any atom is -0.345 e. The summed E-state index contributed by atoms with van der Waals surface area (Å²) in [7, 11) is 0. The highest BCUT2D eigenvalue weighted by molar-refractivity contribution is 8.14. The highest BCUT2D eigenvalue weighted by Gasteiger charge is 2.32. The second kappa shape index (κ2) is 7.57. The number of likely N-dealkylation sites (tertiary alicyclic amines) is 1. The van der Waals surface area contributed by atoms with Crippen molar-refractivity contribution in [3.05, 3.63) is 34.9 Å². The topological polar surface area (TPSA) is 66.5 Å². The molecule has 1 unspecified atom stereocenters. The Kier molecular flexibility index (Phi) is 5.46. The molecule has 2 aliphatic rings. The fourth-order valence-corrected chi connectivity index (χ4v) is 4.22. The minimum absolute atomic E-state index is 0.0506. The van der Waals surface area contributed by atoms with Gasteiger partial charge in [0.1, 0.15) is 0 Å². The molecule has 1 atom stereocenters. The minimum atomic E-state index is -0.342. The first-order valence-electron chi connectivity index (χ1n) is 8.07. The zero-order valence-electron chi connectivity index (χ0n) is 13.2. The smallest absolute Gasteiger partial charge is 0.255 e. The van der Waals surface area contributed by atoms with Crippen LogP contribution >= 0.6 is 23.4 Å². The third-order valence-electron chi connectivity index (χ3n) is 4.51. The van der Waals surface area contributed by atoms with Crippen molar-refractivity contribution in [3.8, 4) is 0 Å². The molecule has 5 nitrogen and oxygen atoms in total. The van der Waals surface area contributed by atoms with Crippen molar-refractivity contribution in [2.45, 2.75) is 25.3 Å². The van der Waals surface area contributed by atoms with Gasteiger partial charge < -0.3 is 10.2 Å².